The Morgan fingerprint density at radius 2 is 1.96 bits per heavy atom. The van der Waals surface area contributed by atoms with Crippen LogP contribution in [0.2, 0.25) is 5.02 Å². The van der Waals surface area contributed by atoms with E-state index in [-0.39, 0.29) is 24.8 Å². The van der Waals surface area contributed by atoms with Gasteiger partial charge in [0, 0.05) is 19.6 Å². The van der Waals surface area contributed by atoms with E-state index in [4.69, 9.17) is 25.8 Å². The van der Waals surface area contributed by atoms with Crippen molar-refractivity contribution in [2.45, 2.75) is 19.9 Å². The molecule has 8 heteroatoms. The maximum atomic E-state index is 6.28. The Bertz CT molecular complexity index is 486. The summed E-state index contributed by atoms with van der Waals surface area (Å²) in [7, 11) is 1.63. The number of benzene rings is 1. The molecule has 146 valence electrons. The molecular weight excluding hydrogens is 387 g/mol. The van der Waals surface area contributed by atoms with Crippen LogP contribution in [-0.2, 0) is 11.3 Å². The number of nitrogens with zero attached hydrogens (tertiary/aromatic N) is 1. The molecule has 0 amide bonds. The number of hydrogen-bond donors (Lipinski definition) is 1. The molecule has 0 bridgehead atoms. The van der Waals surface area contributed by atoms with Crippen LogP contribution in [0.5, 0.6) is 11.5 Å². The second-order valence-electron chi connectivity index (χ2n) is 5.53. The number of rotatable bonds is 9. The SMILES string of the molecule is CCOc1c(Cl)cc(CNCCCN2CCOCC2)cc1OC.Cl.Cl. The zero-order chi connectivity index (χ0) is 16.5. The van der Waals surface area contributed by atoms with Gasteiger partial charge in [0.1, 0.15) is 0 Å². The van der Waals surface area contributed by atoms with Crippen LogP contribution in [-0.4, -0.2) is 58.0 Å². The summed E-state index contributed by atoms with van der Waals surface area (Å²) < 4.78 is 16.3. The Labute approximate surface area is 168 Å². The maximum absolute atomic E-state index is 6.28. The van der Waals surface area contributed by atoms with Gasteiger partial charge < -0.3 is 19.5 Å². The molecule has 2 rings (SSSR count). The van der Waals surface area contributed by atoms with Crippen LogP contribution in [0.4, 0.5) is 0 Å². The normalized spacial score (nSPS) is 14.4. The fourth-order valence-electron chi connectivity index (χ4n) is 2.64. The van der Waals surface area contributed by atoms with Gasteiger partial charge in [-0.1, -0.05) is 11.6 Å². The minimum absolute atomic E-state index is 0. The summed E-state index contributed by atoms with van der Waals surface area (Å²) in [5, 5.41) is 4.05. The van der Waals surface area contributed by atoms with E-state index < -0.39 is 0 Å². The van der Waals surface area contributed by atoms with Gasteiger partial charge in [0.25, 0.3) is 0 Å². The minimum Gasteiger partial charge on any atom is -0.493 e. The number of nitrogens with one attached hydrogen (secondary N) is 1. The second kappa shape index (κ2) is 13.7. The number of morpholine rings is 1. The minimum atomic E-state index is 0. The number of methoxy groups -OCH3 is 1. The molecule has 1 saturated heterocycles. The van der Waals surface area contributed by atoms with Crippen molar-refractivity contribution in [1.29, 1.82) is 0 Å². The first kappa shape index (κ1) is 24.6. The number of ether oxygens (including phenoxy) is 3. The molecule has 0 atom stereocenters. The van der Waals surface area contributed by atoms with Crippen molar-refractivity contribution in [1.82, 2.24) is 10.2 Å². The van der Waals surface area contributed by atoms with Crippen molar-refractivity contribution in [3.63, 3.8) is 0 Å². The predicted octanol–water partition coefficient (Wildman–Crippen LogP) is 3.40. The van der Waals surface area contributed by atoms with E-state index in [9.17, 15) is 0 Å². The molecule has 5 nitrogen and oxygen atoms in total. The van der Waals surface area contributed by atoms with Gasteiger partial charge in [0.15, 0.2) is 11.5 Å². The van der Waals surface area contributed by atoms with Crippen molar-refractivity contribution < 1.29 is 14.2 Å². The molecule has 0 saturated carbocycles. The van der Waals surface area contributed by atoms with Gasteiger partial charge in [0.05, 0.1) is 32.0 Å². The lowest BCUT2D eigenvalue weighted by molar-refractivity contribution is 0.0374. The summed E-state index contributed by atoms with van der Waals surface area (Å²) in [5.74, 6) is 1.30. The zero-order valence-electron chi connectivity index (χ0n) is 14.9. The van der Waals surface area contributed by atoms with E-state index in [1.807, 2.05) is 19.1 Å². The average molecular weight is 416 g/mol. The van der Waals surface area contributed by atoms with Crippen LogP contribution in [0.3, 0.4) is 0 Å². The van der Waals surface area contributed by atoms with E-state index in [0.717, 1.165) is 57.9 Å². The fraction of sp³-hybridized carbons (Fsp3) is 0.647. The highest BCUT2D eigenvalue weighted by atomic mass is 35.5. The molecule has 1 fully saturated rings. The third kappa shape index (κ3) is 8.20. The number of hydrogen-bond acceptors (Lipinski definition) is 5. The van der Waals surface area contributed by atoms with Gasteiger partial charge in [-0.05, 0) is 44.1 Å². The largest absolute Gasteiger partial charge is 0.493 e. The van der Waals surface area contributed by atoms with Gasteiger partial charge in [0.2, 0.25) is 0 Å². The summed E-state index contributed by atoms with van der Waals surface area (Å²) in [4.78, 5) is 2.45. The van der Waals surface area contributed by atoms with E-state index in [0.29, 0.717) is 23.1 Å². The third-order valence-electron chi connectivity index (χ3n) is 3.84. The van der Waals surface area contributed by atoms with Crippen molar-refractivity contribution in [2.75, 3.05) is 53.1 Å². The van der Waals surface area contributed by atoms with Crippen molar-refractivity contribution in [3.8, 4) is 11.5 Å². The average Bonchev–Trinajstić information content (AvgIpc) is 2.57. The van der Waals surface area contributed by atoms with Crippen LogP contribution in [0, 0.1) is 0 Å². The Morgan fingerprint density at radius 3 is 2.60 bits per heavy atom. The first-order valence-electron chi connectivity index (χ1n) is 8.24. The molecule has 1 heterocycles. The van der Waals surface area contributed by atoms with Gasteiger partial charge in [-0.3, -0.25) is 4.90 Å². The fourth-order valence-corrected chi connectivity index (χ4v) is 2.93. The van der Waals surface area contributed by atoms with Crippen LogP contribution >= 0.6 is 36.4 Å². The van der Waals surface area contributed by atoms with Gasteiger partial charge in [-0.15, -0.1) is 24.8 Å². The molecule has 0 spiro atoms. The van der Waals surface area contributed by atoms with E-state index >= 15 is 0 Å². The van der Waals surface area contributed by atoms with Crippen LogP contribution in [0.25, 0.3) is 0 Å². The summed E-state index contributed by atoms with van der Waals surface area (Å²) in [5.41, 5.74) is 1.10. The van der Waals surface area contributed by atoms with Gasteiger partial charge >= 0.3 is 0 Å². The van der Waals surface area contributed by atoms with Gasteiger partial charge in [-0.2, -0.15) is 0 Å². The van der Waals surface area contributed by atoms with Crippen LogP contribution in [0.1, 0.15) is 18.9 Å². The lowest BCUT2D eigenvalue weighted by Gasteiger charge is -2.26. The van der Waals surface area contributed by atoms with Crippen LogP contribution in [0.15, 0.2) is 12.1 Å². The molecule has 1 N–H and O–H groups in total. The van der Waals surface area contributed by atoms with Crippen molar-refractivity contribution in [3.05, 3.63) is 22.7 Å². The first-order valence-corrected chi connectivity index (χ1v) is 8.62. The molecule has 1 aromatic rings. The molecule has 0 aliphatic carbocycles. The molecular formula is C17H29Cl3N2O3. The maximum Gasteiger partial charge on any atom is 0.179 e. The summed E-state index contributed by atoms with van der Waals surface area (Å²) in [6.45, 7) is 9.17. The Hall–Kier alpha value is -0.430. The lowest BCUT2D eigenvalue weighted by atomic mass is 10.2. The Kier molecular flexibility index (Phi) is 13.5. The zero-order valence-corrected chi connectivity index (χ0v) is 17.3. The van der Waals surface area contributed by atoms with E-state index in [1.54, 1.807) is 7.11 Å². The highest BCUT2D eigenvalue weighted by molar-refractivity contribution is 6.32. The Balaban J connectivity index is 0.00000288. The summed E-state index contributed by atoms with van der Waals surface area (Å²) in [6, 6.07) is 3.91. The van der Waals surface area contributed by atoms with Gasteiger partial charge in [-0.25, -0.2) is 0 Å². The third-order valence-corrected chi connectivity index (χ3v) is 4.12. The highest BCUT2D eigenvalue weighted by Crippen LogP contribution is 2.36. The van der Waals surface area contributed by atoms with E-state index in [2.05, 4.69) is 10.2 Å². The monoisotopic (exact) mass is 414 g/mol. The smallest absolute Gasteiger partial charge is 0.179 e. The second-order valence-corrected chi connectivity index (χ2v) is 5.93. The number of halogens is 3. The van der Waals surface area contributed by atoms with E-state index in [1.165, 1.54) is 0 Å². The molecule has 0 unspecified atom stereocenters. The van der Waals surface area contributed by atoms with Crippen molar-refractivity contribution in [2.24, 2.45) is 0 Å². The standard InChI is InChI=1S/C17H27ClN2O3.2ClH/c1-3-23-17-15(18)11-14(12-16(17)21-2)13-19-5-4-6-20-7-9-22-10-8-20;;/h11-12,19H,3-10,13H2,1-2H3;2*1H. The van der Waals surface area contributed by atoms with Crippen LogP contribution < -0.4 is 14.8 Å². The predicted molar refractivity (Wildman–Crippen MR) is 107 cm³/mol. The quantitative estimate of drug-likeness (QED) is 0.626. The molecule has 1 aromatic carbocycles. The molecule has 25 heavy (non-hydrogen) atoms. The summed E-state index contributed by atoms with van der Waals surface area (Å²) in [6.07, 6.45) is 1.13. The topological polar surface area (TPSA) is 43.0 Å². The van der Waals surface area contributed by atoms with Crippen molar-refractivity contribution >= 4 is 36.4 Å². The molecule has 1 aliphatic rings. The summed E-state index contributed by atoms with van der Waals surface area (Å²) >= 11 is 6.28. The Morgan fingerprint density at radius 1 is 1.24 bits per heavy atom. The first-order chi connectivity index (χ1) is 11.2. The molecule has 1 aliphatic heterocycles. The molecule has 0 aromatic heterocycles. The highest BCUT2D eigenvalue weighted by Gasteiger charge is 2.12. The molecule has 0 radical (unpaired) electrons. The lowest BCUT2D eigenvalue weighted by Crippen LogP contribution is -2.37.